The van der Waals surface area contributed by atoms with E-state index in [0.29, 0.717) is 0 Å². The first-order valence-corrected chi connectivity index (χ1v) is 7.91. The summed E-state index contributed by atoms with van der Waals surface area (Å²) in [5.41, 5.74) is -0.300. The topological polar surface area (TPSA) is 31.6 Å². The number of furan rings is 1. The van der Waals surface area contributed by atoms with E-state index in [4.69, 9.17) is 14.2 Å². The minimum Gasteiger partial charge on any atom is -0.466 e. The minimum atomic E-state index is -0.300. The second-order valence-electron chi connectivity index (χ2n) is 6.35. The molecule has 0 radical (unpaired) electrons. The summed E-state index contributed by atoms with van der Waals surface area (Å²) in [6, 6.07) is 3.85. The Morgan fingerprint density at radius 2 is 1.80 bits per heavy atom. The molecule has 0 saturated carbocycles. The van der Waals surface area contributed by atoms with Crippen molar-refractivity contribution in [2.75, 3.05) is 0 Å². The van der Waals surface area contributed by atoms with Gasteiger partial charge >= 0.3 is 0 Å². The van der Waals surface area contributed by atoms with Crippen LogP contribution < -0.4 is 0 Å². The van der Waals surface area contributed by atoms with Gasteiger partial charge in [0, 0.05) is 0 Å². The fourth-order valence-corrected chi connectivity index (χ4v) is 2.02. The molecule has 20 heavy (non-hydrogen) atoms. The Kier molecular flexibility index (Phi) is 7.93. The number of rotatable bonds is 10. The van der Waals surface area contributed by atoms with Crippen molar-refractivity contribution in [2.45, 2.75) is 84.3 Å². The average molecular weight is 282 g/mol. The molecule has 0 spiro atoms. The molecule has 0 N–H and O–H groups in total. The van der Waals surface area contributed by atoms with Crippen molar-refractivity contribution in [2.24, 2.45) is 0 Å². The van der Waals surface area contributed by atoms with Gasteiger partial charge in [0.1, 0.15) is 5.76 Å². The fraction of sp³-hybridized carbons (Fsp3) is 0.765. The molecule has 1 aromatic heterocycles. The maximum Gasteiger partial charge on any atom is 0.150 e. The van der Waals surface area contributed by atoms with E-state index in [9.17, 15) is 0 Å². The lowest BCUT2D eigenvalue weighted by Gasteiger charge is -2.22. The number of hydrogen-bond acceptors (Lipinski definition) is 3. The van der Waals surface area contributed by atoms with Crippen LogP contribution in [0.15, 0.2) is 22.8 Å². The van der Waals surface area contributed by atoms with Crippen LogP contribution in [0.4, 0.5) is 0 Å². The summed E-state index contributed by atoms with van der Waals surface area (Å²) in [5.74, 6) is 0.850. The van der Waals surface area contributed by atoms with E-state index in [2.05, 4.69) is 6.92 Å². The molecule has 0 aromatic carbocycles. The maximum atomic E-state index is 5.58. The van der Waals surface area contributed by atoms with Gasteiger partial charge in [0.05, 0.1) is 11.9 Å². The van der Waals surface area contributed by atoms with Gasteiger partial charge in [0.15, 0.2) is 6.10 Å². The molecule has 0 aliphatic heterocycles. The Labute approximate surface area is 123 Å². The van der Waals surface area contributed by atoms with Crippen LogP contribution in [0.3, 0.4) is 0 Å². The SMILES string of the molecule is CCCCCCCCC(OOC(C)(C)C)c1ccco1. The van der Waals surface area contributed by atoms with Crippen LogP contribution in [0.25, 0.3) is 0 Å². The fourth-order valence-electron chi connectivity index (χ4n) is 2.02. The van der Waals surface area contributed by atoms with Crippen LogP contribution in [-0.4, -0.2) is 5.60 Å². The van der Waals surface area contributed by atoms with Gasteiger partial charge in [-0.05, 0) is 39.3 Å². The molecular formula is C17H30O3. The zero-order valence-electron chi connectivity index (χ0n) is 13.5. The van der Waals surface area contributed by atoms with Crippen molar-refractivity contribution in [1.82, 2.24) is 0 Å². The molecule has 1 atom stereocenters. The molecule has 3 heteroatoms. The first-order chi connectivity index (χ1) is 9.53. The lowest BCUT2D eigenvalue weighted by molar-refractivity contribution is -0.379. The zero-order valence-corrected chi connectivity index (χ0v) is 13.5. The lowest BCUT2D eigenvalue weighted by atomic mass is 10.1. The average Bonchev–Trinajstić information content (AvgIpc) is 2.89. The molecule has 116 valence electrons. The van der Waals surface area contributed by atoms with Gasteiger partial charge in [-0.2, -0.15) is 0 Å². The second-order valence-corrected chi connectivity index (χ2v) is 6.35. The van der Waals surface area contributed by atoms with E-state index in [1.54, 1.807) is 6.26 Å². The van der Waals surface area contributed by atoms with E-state index in [1.165, 1.54) is 32.1 Å². The summed E-state index contributed by atoms with van der Waals surface area (Å²) in [5, 5.41) is 0. The third-order valence-corrected chi connectivity index (χ3v) is 3.09. The van der Waals surface area contributed by atoms with Crippen LogP contribution in [0.5, 0.6) is 0 Å². The van der Waals surface area contributed by atoms with Crippen molar-refractivity contribution >= 4 is 0 Å². The van der Waals surface area contributed by atoms with Crippen LogP contribution in [0, 0.1) is 0 Å². The van der Waals surface area contributed by atoms with Gasteiger partial charge < -0.3 is 4.42 Å². The monoisotopic (exact) mass is 282 g/mol. The smallest absolute Gasteiger partial charge is 0.150 e. The van der Waals surface area contributed by atoms with Gasteiger partial charge in [-0.1, -0.05) is 45.4 Å². The Bertz CT molecular complexity index is 325. The predicted molar refractivity (Wildman–Crippen MR) is 81.4 cm³/mol. The van der Waals surface area contributed by atoms with Gasteiger partial charge in [0.25, 0.3) is 0 Å². The molecule has 1 aromatic rings. The van der Waals surface area contributed by atoms with E-state index in [0.717, 1.165) is 18.6 Å². The highest BCUT2D eigenvalue weighted by atomic mass is 17.2. The van der Waals surface area contributed by atoms with Gasteiger partial charge in [-0.3, -0.25) is 0 Å². The first-order valence-electron chi connectivity index (χ1n) is 7.91. The molecular weight excluding hydrogens is 252 g/mol. The van der Waals surface area contributed by atoms with Gasteiger partial charge in [-0.15, -0.1) is 0 Å². The maximum absolute atomic E-state index is 5.58. The first kappa shape index (κ1) is 17.3. The van der Waals surface area contributed by atoms with Crippen LogP contribution in [0.1, 0.15) is 84.5 Å². The quantitative estimate of drug-likeness (QED) is 0.308. The summed E-state index contributed by atoms with van der Waals surface area (Å²) in [6.07, 6.45) is 10.2. The standard InChI is InChI=1S/C17H30O3/c1-5-6-7-8-9-10-12-16(15-13-11-14-18-15)19-20-17(2,3)4/h11,13-14,16H,5-10,12H2,1-4H3. The summed E-state index contributed by atoms with van der Waals surface area (Å²) < 4.78 is 5.45. The van der Waals surface area contributed by atoms with Crippen molar-refractivity contribution in [3.63, 3.8) is 0 Å². The normalized spacial score (nSPS) is 13.6. The highest BCUT2D eigenvalue weighted by molar-refractivity contribution is 5.01. The summed E-state index contributed by atoms with van der Waals surface area (Å²) in [7, 11) is 0. The second kappa shape index (κ2) is 9.19. The van der Waals surface area contributed by atoms with Crippen LogP contribution >= 0.6 is 0 Å². The number of unbranched alkanes of at least 4 members (excludes halogenated alkanes) is 5. The Morgan fingerprint density at radius 3 is 2.40 bits per heavy atom. The molecule has 3 nitrogen and oxygen atoms in total. The third-order valence-electron chi connectivity index (χ3n) is 3.09. The summed E-state index contributed by atoms with van der Waals surface area (Å²) in [6.45, 7) is 8.19. The molecule has 1 rings (SSSR count). The molecule has 0 aliphatic rings. The van der Waals surface area contributed by atoms with Gasteiger partial charge in [0.2, 0.25) is 0 Å². The molecule has 1 unspecified atom stereocenters. The van der Waals surface area contributed by atoms with Crippen LogP contribution in [0.2, 0.25) is 0 Å². The number of hydrogen-bond donors (Lipinski definition) is 0. The van der Waals surface area contributed by atoms with Gasteiger partial charge in [-0.25, -0.2) is 9.78 Å². The van der Waals surface area contributed by atoms with Crippen molar-refractivity contribution in [3.05, 3.63) is 24.2 Å². The Balaban J connectivity index is 2.32. The largest absolute Gasteiger partial charge is 0.466 e. The van der Waals surface area contributed by atoms with E-state index in [1.807, 2.05) is 32.9 Å². The van der Waals surface area contributed by atoms with Crippen molar-refractivity contribution in [3.8, 4) is 0 Å². The van der Waals surface area contributed by atoms with Crippen molar-refractivity contribution < 1.29 is 14.2 Å². The van der Waals surface area contributed by atoms with E-state index < -0.39 is 0 Å². The Hall–Kier alpha value is -0.800. The molecule has 1 heterocycles. The van der Waals surface area contributed by atoms with E-state index in [-0.39, 0.29) is 11.7 Å². The molecule has 0 saturated heterocycles. The zero-order chi connectivity index (χ0) is 14.8. The molecule has 0 aliphatic carbocycles. The molecule has 0 amide bonds. The lowest BCUT2D eigenvalue weighted by Crippen LogP contribution is -2.21. The minimum absolute atomic E-state index is 0.101. The third kappa shape index (κ3) is 7.71. The highest BCUT2D eigenvalue weighted by Gasteiger charge is 2.20. The van der Waals surface area contributed by atoms with Crippen molar-refractivity contribution in [1.29, 1.82) is 0 Å². The van der Waals surface area contributed by atoms with E-state index >= 15 is 0 Å². The molecule has 0 bridgehead atoms. The summed E-state index contributed by atoms with van der Waals surface area (Å²) >= 11 is 0. The molecule has 0 fully saturated rings. The highest BCUT2D eigenvalue weighted by Crippen LogP contribution is 2.26. The summed E-state index contributed by atoms with van der Waals surface area (Å²) in [4.78, 5) is 11.0. The Morgan fingerprint density at radius 1 is 1.10 bits per heavy atom. The predicted octanol–water partition coefficient (Wildman–Crippen LogP) is 5.82. The van der Waals surface area contributed by atoms with Crippen LogP contribution in [-0.2, 0) is 9.78 Å².